The van der Waals surface area contributed by atoms with Crippen molar-refractivity contribution in [3.05, 3.63) is 78.6 Å². The molecule has 0 spiro atoms. The van der Waals surface area contributed by atoms with Gasteiger partial charge >= 0.3 is 6.03 Å². The molecule has 0 aliphatic carbocycles. The minimum absolute atomic E-state index is 0.00317. The molecule has 0 radical (unpaired) electrons. The van der Waals surface area contributed by atoms with Gasteiger partial charge in [-0.15, -0.1) is 0 Å². The Balaban J connectivity index is 1.28. The Kier molecular flexibility index (Phi) is 5.33. The monoisotopic (exact) mass is 427 g/mol. The highest BCUT2D eigenvalue weighted by molar-refractivity contribution is 5.90. The quantitative estimate of drug-likeness (QED) is 0.388. The number of likely N-dealkylation sites (tertiary alicyclic amines) is 1. The van der Waals surface area contributed by atoms with Crippen molar-refractivity contribution in [3.8, 4) is 0 Å². The van der Waals surface area contributed by atoms with E-state index in [1.807, 2.05) is 43.4 Å². The van der Waals surface area contributed by atoms with Crippen molar-refractivity contribution in [2.75, 3.05) is 30.8 Å². The van der Waals surface area contributed by atoms with Crippen LogP contribution >= 0.6 is 0 Å². The maximum absolute atomic E-state index is 13.3. The van der Waals surface area contributed by atoms with Gasteiger partial charge in [-0.2, -0.15) is 5.10 Å². The lowest BCUT2D eigenvalue weighted by molar-refractivity contribution is -0.833. The van der Waals surface area contributed by atoms with Gasteiger partial charge in [0.1, 0.15) is 0 Å². The minimum atomic E-state index is -0.00317. The summed E-state index contributed by atoms with van der Waals surface area (Å²) in [7, 11) is 2.02. The Hall–Kier alpha value is -3.71. The zero-order valence-electron chi connectivity index (χ0n) is 18.1. The summed E-state index contributed by atoms with van der Waals surface area (Å²) in [5.41, 5.74) is 3.86. The predicted molar refractivity (Wildman–Crippen MR) is 127 cm³/mol. The van der Waals surface area contributed by atoms with Crippen LogP contribution in [-0.2, 0) is 0 Å². The van der Waals surface area contributed by atoms with Crippen LogP contribution in [0, 0.1) is 0 Å². The molecule has 0 bridgehead atoms. The van der Waals surface area contributed by atoms with E-state index >= 15 is 0 Å². The van der Waals surface area contributed by atoms with E-state index in [2.05, 4.69) is 50.1 Å². The molecule has 32 heavy (non-hydrogen) atoms. The van der Waals surface area contributed by atoms with E-state index in [0.717, 1.165) is 42.5 Å². The number of nitrogens with one attached hydrogen (secondary N) is 3. The lowest BCUT2D eigenvalue weighted by Gasteiger charge is -2.38. The number of anilines is 3. The van der Waals surface area contributed by atoms with Crippen molar-refractivity contribution in [2.45, 2.75) is 18.8 Å². The molecule has 2 aromatic heterocycles. The van der Waals surface area contributed by atoms with Gasteiger partial charge in [-0.3, -0.25) is 10.4 Å². The molecule has 0 unspecified atom stereocenters. The van der Waals surface area contributed by atoms with E-state index in [4.69, 9.17) is 0 Å². The number of hydrogen-bond acceptors (Lipinski definition) is 4. The van der Waals surface area contributed by atoms with Gasteiger partial charge < -0.3 is 5.32 Å². The number of carbonyl (C=O) groups excluding carboxylic acids is 1. The van der Waals surface area contributed by atoms with Gasteiger partial charge in [-0.25, -0.2) is 14.3 Å². The SMILES string of the molecule is C[N+]1(C(=O)Nc2cccnc2Nc2ccc3cn[nH]c3c2)CCC(c2ccccc2)CC1. The van der Waals surface area contributed by atoms with E-state index in [1.54, 1.807) is 12.4 Å². The molecule has 5 rings (SSSR count). The van der Waals surface area contributed by atoms with Crippen LogP contribution < -0.4 is 10.6 Å². The van der Waals surface area contributed by atoms with Crippen molar-refractivity contribution in [1.29, 1.82) is 0 Å². The Morgan fingerprint density at radius 2 is 1.88 bits per heavy atom. The first-order valence-corrected chi connectivity index (χ1v) is 11.0. The molecule has 3 heterocycles. The average molecular weight is 428 g/mol. The normalized spacial score (nSPS) is 20.7. The third-order valence-corrected chi connectivity index (χ3v) is 6.46. The number of aromatic nitrogens is 3. The molecule has 4 aromatic rings. The number of hydrogen-bond donors (Lipinski definition) is 3. The van der Waals surface area contributed by atoms with Gasteiger partial charge in [-0.05, 0) is 41.8 Å². The first-order chi connectivity index (χ1) is 15.6. The number of urea groups is 1. The number of fused-ring (bicyclic) bond motifs is 1. The summed E-state index contributed by atoms with van der Waals surface area (Å²) in [5.74, 6) is 1.13. The summed E-state index contributed by atoms with van der Waals surface area (Å²) < 4.78 is 0.373. The second-order valence-corrected chi connectivity index (χ2v) is 8.65. The summed E-state index contributed by atoms with van der Waals surface area (Å²) in [5, 5.41) is 14.5. The van der Waals surface area contributed by atoms with Crippen LogP contribution in [0.25, 0.3) is 10.9 Å². The lowest BCUT2D eigenvalue weighted by atomic mass is 9.88. The van der Waals surface area contributed by atoms with Gasteiger partial charge in [0.15, 0.2) is 5.82 Å². The molecular weight excluding hydrogens is 400 g/mol. The molecule has 7 nitrogen and oxygen atoms in total. The van der Waals surface area contributed by atoms with Crippen molar-refractivity contribution < 1.29 is 9.28 Å². The van der Waals surface area contributed by atoms with E-state index in [1.165, 1.54) is 5.56 Å². The van der Waals surface area contributed by atoms with Crippen molar-refractivity contribution in [3.63, 3.8) is 0 Å². The number of pyridine rings is 1. The van der Waals surface area contributed by atoms with Crippen LogP contribution in [-0.4, -0.2) is 45.8 Å². The van der Waals surface area contributed by atoms with E-state index in [-0.39, 0.29) is 6.03 Å². The summed E-state index contributed by atoms with van der Waals surface area (Å²) in [6.45, 7) is 1.62. The van der Waals surface area contributed by atoms with Gasteiger partial charge in [0.05, 0.1) is 37.5 Å². The fourth-order valence-corrected chi connectivity index (χ4v) is 4.41. The maximum Gasteiger partial charge on any atom is 0.420 e. The highest BCUT2D eigenvalue weighted by atomic mass is 16.2. The topological polar surface area (TPSA) is 82.7 Å². The van der Waals surface area contributed by atoms with Crippen molar-refractivity contribution in [2.24, 2.45) is 0 Å². The molecule has 7 heteroatoms. The molecule has 0 atom stereocenters. The van der Waals surface area contributed by atoms with Gasteiger partial charge in [0.25, 0.3) is 0 Å². The highest BCUT2D eigenvalue weighted by Crippen LogP contribution is 2.32. The fraction of sp³-hybridized carbons (Fsp3) is 0.240. The van der Waals surface area contributed by atoms with Crippen LogP contribution in [0.1, 0.15) is 24.3 Å². The van der Waals surface area contributed by atoms with Crippen molar-refractivity contribution in [1.82, 2.24) is 15.2 Å². The molecule has 1 saturated heterocycles. The predicted octanol–water partition coefficient (Wildman–Crippen LogP) is 5.26. The summed E-state index contributed by atoms with van der Waals surface area (Å²) >= 11 is 0. The van der Waals surface area contributed by atoms with Crippen LogP contribution in [0.4, 0.5) is 22.0 Å². The lowest BCUT2D eigenvalue weighted by Crippen LogP contribution is -2.55. The molecule has 0 saturated carbocycles. The van der Waals surface area contributed by atoms with E-state index in [0.29, 0.717) is 21.9 Å². The van der Waals surface area contributed by atoms with Crippen LogP contribution in [0.3, 0.4) is 0 Å². The molecule has 2 amide bonds. The summed E-state index contributed by atoms with van der Waals surface area (Å²) in [6.07, 6.45) is 5.50. The Morgan fingerprint density at radius 1 is 1.06 bits per heavy atom. The van der Waals surface area contributed by atoms with E-state index < -0.39 is 0 Å². The van der Waals surface area contributed by atoms with Gasteiger partial charge in [0.2, 0.25) is 0 Å². The first kappa shape index (κ1) is 20.2. The third-order valence-electron chi connectivity index (χ3n) is 6.46. The zero-order valence-corrected chi connectivity index (χ0v) is 18.1. The molecule has 3 N–H and O–H groups in total. The average Bonchev–Trinajstić information content (AvgIpc) is 3.29. The third kappa shape index (κ3) is 4.07. The Bertz CT molecular complexity index is 1230. The van der Waals surface area contributed by atoms with Gasteiger partial charge in [-0.1, -0.05) is 30.3 Å². The summed E-state index contributed by atoms with van der Waals surface area (Å²) in [6, 6.07) is 20.3. The number of rotatable bonds is 4. The van der Waals surface area contributed by atoms with Crippen LogP contribution in [0.2, 0.25) is 0 Å². The Labute approximate surface area is 187 Å². The number of aromatic amines is 1. The molecule has 1 aliphatic heterocycles. The molecule has 162 valence electrons. The maximum atomic E-state index is 13.3. The van der Waals surface area contributed by atoms with Gasteiger partial charge in [0, 0.05) is 30.1 Å². The van der Waals surface area contributed by atoms with Crippen LogP contribution in [0.15, 0.2) is 73.1 Å². The molecular formula is C25H27N6O+. The number of piperidine rings is 1. The number of carbonyl (C=O) groups is 1. The van der Waals surface area contributed by atoms with E-state index in [9.17, 15) is 4.79 Å². The number of nitrogens with zero attached hydrogens (tertiary/aromatic N) is 3. The van der Waals surface area contributed by atoms with Crippen molar-refractivity contribution >= 4 is 34.1 Å². The smallest absolute Gasteiger partial charge is 0.338 e. The molecule has 1 fully saturated rings. The largest absolute Gasteiger partial charge is 0.420 e. The number of benzene rings is 2. The van der Waals surface area contributed by atoms with Crippen LogP contribution in [0.5, 0.6) is 0 Å². The second-order valence-electron chi connectivity index (χ2n) is 8.65. The fourth-order valence-electron chi connectivity index (χ4n) is 4.41. The minimum Gasteiger partial charge on any atom is -0.338 e. The number of amides is 2. The zero-order chi connectivity index (χ0) is 22.0. The first-order valence-electron chi connectivity index (χ1n) is 11.0. The summed E-state index contributed by atoms with van der Waals surface area (Å²) in [4.78, 5) is 17.7. The molecule has 1 aliphatic rings. The standard InChI is InChI=1S/C25H26N6O/c1-31(14-11-19(12-15-31)18-6-3-2-4-7-18)25(32)29-22-8-5-13-26-24(22)28-21-10-9-20-17-27-30-23(20)16-21/h2-10,13,16-17,19H,11-12,14-15H2,1H3,(H2-,26,27,28,29,30,32)/p+1. The number of quaternary nitrogens is 1. The second kappa shape index (κ2) is 8.43. The Morgan fingerprint density at radius 3 is 2.69 bits per heavy atom. The highest BCUT2D eigenvalue weighted by Gasteiger charge is 2.37. The number of H-pyrrole nitrogens is 1. The molecule has 2 aromatic carbocycles.